The molecule has 0 N–H and O–H groups in total. The first-order valence-corrected chi connectivity index (χ1v) is 8.31. The van der Waals surface area contributed by atoms with Gasteiger partial charge in [0, 0.05) is 5.56 Å². The van der Waals surface area contributed by atoms with Crippen molar-refractivity contribution in [1.29, 1.82) is 0 Å². The standard InChI is InChI=1S/C20H16N2O5/c1-25-20(24)14-7-8-17-16(9-14)22(19(23)12-26-17)10-18-21-15(11-27-18)13-5-3-2-4-6-13/h2-9,11H,10,12H2,1H3. The van der Waals surface area contributed by atoms with E-state index in [9.17, 15) is 9.59 Å². The third-order valence-corrected chi connectivity index (χ3v) is 4.24. The molecule has 0 bridgehead atoms. The first-order valence-electron chi connectivity index (χ1n) is 8.31. The summed E-state index contributed by atoms with van der Waals surface area (Å²) in [6.45, 7) is 0.0451. The Labute approximate surface area is 155 Å². The maximum atomic E-state index is 12.4. The van der Waals surface area contributed by atoms with Gasteiger partial charge in [0.2, 0.25) is 5.89 Å². The average Bonchev–Trinajstić information content (AvgIpc) is 3.18. The Hall–Kier alpha value is -3.61. The molecule has 7 nitrogen and oxygen atoms in total. The van der Waals surface area contributed by atoms with Crippen molar-refractivity contribution in [2.45, 2.75) is 6.54 Å². The van der Waals surface area contributed by atoms with Crippen LogP contribution in [0.2, 0.25) is 0 Å². The molecule has 7 heteroatoms. The van der Waals surface area contributed by atoms with E-state index in [4.69, 9.17) is 13.9 Å². The number of hydrogen-bond acceptors (Lipinski definition) is 6. The third-order valence-electron chi connectivity index (χ3n) is 4.24. The summed E-state index contributed by atoms with van der Waals surface area (Å²) in [6.07, 6.45) is 1.56. The molecule has 0 atom stereocenters. The zero-order valence-corrected chi connectivity index (χ0v) is 14.5. The Morgan fingerprint density at radius 2 is 2.04 bits per heavy atom. The van der Waals surface area contributed by atoms with Crippen LogP contribution >= 0.6 is 0 Å². The van der Waals surface area contributed by atoms with Gasteiger partial charge in [0.15, 0.2) is 6.61 Å². The fourth-order valence-electron chi connectivity index (χ4n) is 2.88. The van der Waals surface area contributed by atoms with Crippen molar-refractivity contribution in [1.82, 2.24) is 4.98 Å². The number of anilines is 1. The summed E-state index contributed by atoms with van der Waals surface area (Å²) in [5.41, 5.74) is 2.43. The van der Waals surface area contributed by atoms with Crippen LogP contribution in [-0.4, -0.2) is 30.6 Å². The van der Waals surface area contributed by atoms with Crippen molar-refractivity contribution in [3.8, 4) is 17.0 Å². The number of carbonyl (C=O) groups is 2. The number of rotatable bonds is 4. The van der Waals surface area contributed by atoms with E-state index in [2.05, 4.69) is 4.98 Å². The fraction of sp³-hybridized carbons (Fsp3) is 0.150. The molecule has 1 aliphatic rings. The molecule has 27 heavy (non-hydrogen) atoms. The SMILES string of the molecule is COC(=O)c1ccc2c(c1)N(Cc1nc(-c3ccccc3)co1)C(=O)CO2. The van der Waals surface area contributed by atoms with Crippen molar-refractivity contribution in [3.63, 3.8) is 0 Å². The highest BCUT2D eigenvalue weighted by Crippen LogP contribution is 2.34. The number of nitrogens with zero attached hydrogens (tertiary/aromatic N) is 2. The Morgan fingerprint density at radius 1 is 1.22 bits per heavy atom. The summed E-state index contributed by atoms with van der Waals surface area (Å²) in [4.78, 5) is 30.2. The molecular weight excluding hydrogens is 348 g/mol. The lowest BCUT2D eigenvalue weighted by atomic mass is 10.1. The summed E-state index contributed by atoms with van der Waals surface area (Å²) >= 11 is 0. The number of methoxy groups -OCH3 is 1. The predicted octanol–water partition coefficient (Wildman–Crippen LogP) is 3.05. The minimum Gasteiger partial charge on any atom is -0.482 e. The minimum absolute atomic E-state index is 0.0865. The molecule has 2 aromatic carbocycles. The molecule has 3 aromatic rings. The molecule has 0 aliphatic carbocycles. The molecule has 0 radical (unpaired) electrons. The third kappa shape index (κ3) is 3.27. The number of hydrogen-bond donors (Lipinski definition) is 0. The van der Waals surface area contributed by atoms with Crippen molar-refractivity contribution in [2.24, 2.45) is 0 Å². The van der Waals surface area contributed by atoms with Gasteiger partial charge in [-0.15, -0.1) is 0 Å². The van der Waals surface area contributed by atoms with Crippen LogP contribution in [0.1, 0.15) is 16.2 Å². The highest BCUT2D eigenvalue weighted by Gasteiger charge is 2.28. The molecule has 0 saturated carbocycles. The Morgan fingerprint density at radius 3 is 2.81 bits per heavy atom. The molecule has 136 valence electrons. The number of benzene rings is 2. The van der Waals surface area contributed by atoms with E-state index >= 15 is 0 Å². The van der Waals surface area contributed by atoms with Gasteiger partial charge in [-0.2, -0.15) is 0 Å². The minimum atomic E-state index is -0.488. The van der Waals surface area contributed by atoms with E-state index in [1.165, 1.54) is 12.0 Å². The van der Waals surface area contributed by atoms with Crippen LogP contribution in [0.4, 0.5) is 5.69 Å². The van der Waals surface area contributed by atoms with Gasteiger partial charge in [-0.25, -0.2) is 9.78 Å². The summed E-state index contributed by atoms with van der Waals surface area (Å²) < 4.78 is 15.7. The second kappa shape index (κ2) is 6.95. The topological polar surface area (TPSA) is 81.9 Å². The van der Waals surface area contributed by atoms with Crippen molar-refractivity contribution in [3.05, 3.63) is 66.2 Å². The monoisotopic (exact) mass is 364 g/mol. The molecule has 1 amide bonds. The van der Waals surface area contributed by atoms with E-state index < -0.39 is 5.97 Å². The zero-order valence-electron chi connectivity index (χ0n) is 14.5. The van der Waals surface area contributed by atoms with Gasteiger partial charge in [-0.3, -0.25) is 9.69 Å². The summed E-state index contributed by atoms with van der Waals surface area (Å²) in [5.74, 6) is 0.165. The maximum absolute atomic E-state index is 12.4. The van der Waals surface area contributed by atoms with Gasteiger partial charge < -0.3 is 13.9 Å². The smallest absolute Gasteiger partial charge is 0.337 e. The van der Waals surface area contributed by atoms with Crippen LogP contribution in [0.3, 0.4) is 0 Å². The largest absolute Gasteiger partial charge is 0.482 e. The molecule has 4 rings (SSSR count). The molecule has 0 spiro atoms. The van der Waals surface area contributed by atoms with Gasteiger partial charge in [0.1, 0.15) is 24.3 Å². The van der Waals surface area contributed by atoms with Gasteiger partial charge in [-0.1, -0.05) is 30.3 Å². The van der Waals surface area contributed by atoms with E-state index in [1.807, 2.05) is 30.3 Å². The van der Waals surface area contributed by atoms with Gasteiger partial charge >= 0.3 is 5.97 Å². The highest BCUT2D eigenvalue weighted by atomic mass is 16.5. The number of aromatic nitrogens is 1. The van der Waals surface area contributed by atoms with Crippen molar-refractivity contribution < 1.29 is 23.5 Å². The second-order valence-corrected chi connectivity index (χ2v) is 5.94. The van der Waals surface area contributed by atoms with E-state index in [-0.39, 0.29) is 19.1 Å². The maximum Gasteiger partial charge on any atom is 0.337 e. The van der Waals surface area contributed by atoms with Crippen LogP contribution < -0.4 is 9.64 Å². The normalized spacial score (nSPS) is 13.1. The van der Waals surface area contributed by atoms with Crippen LogP contribution in [-0.2, 0) is 16.1 Å². The van der Waals surface area contributed by atoms with E-state index in [1.54, 1.807) is 24.5 Å². The first kappa shape index (κ1) is 16.8. The molecule has 0 fully saturated rings. The molecule has 1 aliphatic heterocycles. The van der Waals surface area contributed by atoms with Crippen LogP contribution in [0.15, 0.2) is 59.2 Å². The molecule has 1 aromatic heterocycles. The van der Waals surface area contributed by atoms with E-state index in [0.717, 1.165) is 5.56 Å². The predicted molar refractivity (Wildman–Crippen MR) is 96.4 cm³/mol. The number of ether oxygens (including phenoxy) is 2. The summed E-state index contributed by atoms with van der Waals surface area (Å²) in [5, 5.41) is 0. The van der Waals surface area contributed by atoms with Crippen LogP contribution in [0, 0.1) is 0 Å². The number of oxazole rings is 1. The van der Waals surface area contributed by atoms with Crippen molar-refractivity contribution >= 4 is 17.6 Å². The lowest BCUT2D eigenvalue weighted by molar-refractivity contribution is -0.121. The molecular formula is C20H16N2O5. The number of amides is 1. The number of carbonyl (C=O) groups excluding carboxylic acids is 2. The molecule has 2 heterocycles. The fourth-order valence-corrected chi connectivity index (χ4v) is 2.88. The van der Waals surface area contributed by atoms with Gasteiger partial charge in [-0.05, 0) is 18.2 Å². The Kier molecular flexibility index (Phi) is 4.33. The molecule has 0 saturated heterocycles. The quantitative estimate of drug-likeness (QED) is 0.662. The zero-order chi connectivity index (χ0) is 18.8. The first-order chi connectivity index (χ1) is 13.2. The van der Waals surface area contributed by atoms with Gasteiger partial charge in [0.25, 0.3) is 5.91 Å². The lowest BCUT2D eigenvalue weighted by Gasteiger charge is -2.28. The molecule has 0 unspecified atom stereocenters. The number of fused-ring (bicyclic) bond motifs is 1. The second-order valence-electron chi connectivity index (χ2n) is 5.94. The number of esters is 1. The van der Waals surface area contributed by atoms with Crippen LogP contribution in [0.5, 0.6) is 5.75 Å². The Balaban J connectivity index is 1.64. The van der Waals surface area contributed by atoms with Gasteiger partial charge in [0.05, 0.1) is 18.4 Å². The highest BCUT2D eigenvalue weighted by molar-refractivity contribution is 6.00. The summed E-state index contributed by atoms with van der Waals surface area (Å²) in [6, 6.07) is 14.4. The Bertz CT molecular complexity index is 997. The summed E-state index contributed by atoms with van der Waals surface area (Å²) in [7, 11) is 1.30. The van der Waals surface area contributed by atoms with E-state index in [0.29, 0.717) is 28.6 Å². The van der Waals surface area contributed by atoms with Crippen molar-refractivity contribution in [2.75, 3.05) is 18.6 Å². The lowest BCUT2D eigenvalue weighted by Crippen LogP contribution is -2.38. The average molecular weight is 364 g/mol. The van der Waals surface area contributed by atoms with Crippen LogP contribution in [0.25, 0.3) is 11.3 Å².